The Balaban J connectivity index is 0.000000153. The van der Waals surface area contributed by atoms with Gasteiger partial charge in [0.15, 0.2) is 75.7 Å². The second-order valence-electron chi connectivity index (χ2n) is 26.8. The number of ether oxygens (including phenoxy) is 4. The molecule has 0 bridgehead atoms. The van der Waals surface area contributed by atoms with Crippen molar-refractivity contribution in [2.24, 2.45) is 11.8 Å². The molecule has 0 radical (unpaired) electrons. The summed E-state index contributed by atoms with van der Waals surface area (Å²) in [6.45, 7) is 11.2. The summed E-state index contributed by atoms with van der Waals surface area (Å²) >= 11 is 0. The molecule has 8 aromatic heterocycles. The van der Waals surface area contributed by atoms with E-state index >= 15 is 0 Å². The van der Waals surface area contributed by atoms with E-state index < -0.39 is 53.0 Å². The van der Waals surface area contributed by atoms with Crippen LogP contribution in [0.4, 0.5) is 65.7 Å². The van der Waals surface area contributed by atoms with Gasteiger partial charge in [0.05, 0.1) is 90.6 Å². The fourth-order valence-electron chi connectivity index (χ4n) is 12.3. The molecule has 10 heterocycles. The third kappa shape index (κ3) is 21.1. The number of Topliss-reactive ketones (excluding diaryl/α,β-unsaturated/α-hetero) is 1. The summed E-state index contributed by atoms with van der Waals surface area (Å²) in [7, 11) is 4.48. The molecule has 0 spiro atoms. The predicted octanol–water partition coefficient (Wildman–Crippen LogP) is 13.4. The Morgan fingerprint density at radius 2 is 0.931 bits per heavy atom. The van der Waals surface area contributed by atoms with E-state index in [9.17, 15) is 58.2 Å². The highest BCUT2D eigenvalue weighted by atomic mass is 19.3. The van der Waals surface area contributed by atoms with Crippen molar-refractivity contribution in [3.05, 3.63) is 233 Å². The lowest BCUT2D eigenvalue weighted by atomic mass is 9.89. The maximum atomic E-state index is 14.5. The number of aliphatic hydroxyl groups is 1. The molecule has 2 aliphatic rings. The van der Waals surface area contributed by atoms with Crippen molar-refractivity contribution in [1.29, 1.82) is 0 Å². The molecule has 3 N–H and O–H groups in total. The quantitative estimate of drug-likeness (QED) is 0.0448. The van der Waals surface area contributed by atoms with Gasteiger partial charge in [0.2, 0.25) is 23.5 Å². The summed E-state index contributed by atoms with van der Waals surface area (Å²) in [5.74, 6) is -3.88. The number of benzene rings is 4. The predicted molar refractivity (Wildman–Crippen MR) is 405 cm³/mol. The van der Waals surface area contributed by atoms with E-state index in [1.807, 2.05) is 25.7 Å². The molecule has 2 aliphatic heterocycles. The van der Waals surface area contributed by atoms with Crippen LogP contribution in [0.5, 0.6) is 23.5 Å². The zero-order valence-electron chi connectivity index (χ0n) is 63.7. The van der Waals surface area contributed by atoms with Gasteiger partial charge < -0.3 is 44.5 Å². The summed E-state index contributed by atoms with van der Waals surface area (Å²) < 4.78 is 176. The van der Waals surface area contributed by atoms with E-state index in [0.717, 1.165) is 53.5 Å². The Hall–Kier alpha value is -13.0. The number of hydrogen-bond acceptors (Lipinski definition) is 22. The lowest BCUT2D eigenvalue weighted by Crippen LogP contribution is -2.44. The van der Waals surface area contributed by atoms with Gasteiger partial charge in [0, 0.05) is 90.9 Å². The maximum Gasteiger partial charge on any atom is 0.388 e. The van der Waals surface area contributed by atoms with Crippen molar-refractivity contribution >= 4 is 23.2 Å². The Bertz CT molecular complexity index is 5370. The lowest BCUT2D eigenvalue weighted by molar-refractivity contribution is -0.121. The molecule has 0 saturated carbocycles. The SMILES string of the molecule is C=C1CN(c2nc(-c3cc(OC)n(Cc4ccccc4F)n3)ncc2F)CCN1.CCC1(O)CCN(c2nc(-c3cc(OC)n(Cc4ccccc4F)n3)ncc2F)CC1.COc1cc(-c2ncc(F)c(NC[C@@H](C(C)=O)C(C)C)n2)nn1Cc1ccccc1F.Fc1cnc(-c2cc(OC(F)F)n(Cc3cccc(F)c3F)n2)nc1. The minimum Gasteiger partial charge on any atom is -0.481 e. The summed E-state index contributed by atoms with van der Waals surface area (Å²) in [6, 6.07) is 28.7. The number of anilines is 3. The number of carbonyl (C=O) groups is 1. The number of alkyl halides is 2. The summed E-state index contributed by atoms with van der Waals surface area (Å²) in [6.07, 6.45) is 6.82. The van der Waals surface area contributed by atoms with Crippen LogP contribution in [0.3, 0.4) is 0 Å². The van der Waals surface area contributed by atoms with Gasteiger partial charge in [-0.25, -0.2) is 98.1 Å². The first kappa shape index (κ1) is 84.0. The van der Waals surface area contributed by atoms with Crippen LogP contribution in [0.1, 0.15) is 69.2 Å². The topological polar surface area (TPSA) is 279 Å². The standard InChI is InChI=1S/2C22H25F2N5O2.C20H20F2N6O.C15H9F5N4O/c1-3-22(30)8-10-28(11-9-22)21-17(24)13-25-20(26-21)18-12-19(31-2)29(27-18)14-15-6-4-5-7-16(15)23;1-13(2)16(14(3)30)10-25-21-18(24)11-26-22(27-21)19-9-20(31-4)29(28-19)12-15-7-5-6-8-17(15)23;1-13-11-27(8-7-23-13)20-16(22)10-24-19(25-20)17-9-18(29-2)28(26-17)12-14-5-3-4-6-15(14)21;16-9-5-21-14(22-6-9)11-4-12(25-15(19)20)24(23-11)7-8-2-1-3-10(17)13(8)18/h4-7,12-13,30H,3,8-11,14H2,1-2H3;5-9,11,13,16H,10,12H2,1-4H3,(H,25,26,27);3-6,9-10,23H,1,7-8,11-12H2,2H3;1-6,15H,7H2/t;16-;;/m.1../s1. The van der Waals surface area contributed by atoms with Crippen LogP contribution in [-0.2, 0) is 31.0 Å². The van der Waals surface area contributed by atoms with Gasteiger partial charge in [0.1, 0.15) is 46.0 Å². The van der Waals surface area contributed by atoms with Crippen LogP contribution < -0.4 is 39.4 Å². The van der Waals surface area contributed by atoms with Crippen molar-refractivity contribution in [1.82, 2.24) is 84.3 Å². The molecule has 116 heavy (non-hydrogen) atoms. The normalized spacial score (nSPS) is 13.4. The fourth-order valence-corrected chi connectivity index (χ4v) is 12.3. The van der Waals surface area contributed by atoms with Crippen LogP contribution in [0.15, 0.2) is 159 Å². The number of carbonyl (C=O) groups excluding carboxylic acids is 1. The van der Waals surface area contributed by atoms with E-state index in [1.165, 1.54) is 72.6 Å². The van der Waals surface area contributed by atoms with Crippen molar-refractivity contribution in [2.45, 2.75) is 85.3 Å². The Morgan fingerprint density at radius 1 is 0.526 bits per heavy atom. The number of methoxy groups -OCH3 is 3. The van der Waals surface area contributed by atoms with Crippen LogP contribution in [0, 0.1) is 64.2 Å². The molecular formula is C79H79F11N20O6. The van der Waals surface area contributed by atoms with Crippen LogP contribution in [0.25, 0.3) is 46.1 Å². The van der Waals surface area contributed by atoms with Crippen molar-refractivity contribution < 1.29 is 77.1 Å². The third-order valence-electron chi connectivity index (χ3n) is 18.6. The number of rotatable bonds is 25. The highest BCUT2D eigenvalue weighted by Crippen LogP contribution is 2.33. The van der Waals surface area contributed by atoms with E-state index in [4.69, 9.17) is 14.2 Å². The fraction of sp³-hybridized carbons (Fsp3) is 0.304. The molecule has 0 unspecified atom stereocenters. The molecular weight excluding hydrogens is 1530 g/mol. The number of piperidine rings is 1. The number of aromatic nitrogens is 16. The molecule has 608 valence electrons. The molecule has 2 fully saturated rings. The van der Waals surface area contributed by atoms with Gasteiger partial charge in [-0.05, 0) is 56.4 Å². The monoisotopic (exact) mass is 1610 g/mol. The maximum absolute atomic E-state index is 14.5. The molecule has 0 amide bonds. The first-order valence-corrected chi connectivity index (χ1v) is 36.2. The number of ketones is 1. The summed E-state index contributed by atoms with van der Waals surface area (Å²) in [5, 5.41) is 33.7. The average Bonchev–Trinajstić information content (AvgIpc) is 1.51. The van der Waals surface area contributed by atoms with Gasteiger partial charge in [-0.2, -0.15) is 29.2 Å². The largest absolute Gasteiger partial charge is 0.481 e. The minimum absolute atomic E-state index is 0.00691. The van der Waals surface area contributed by atoms with Crippen molar-refractivity contribution in [2.75, 3.05) is 75.7 Å². The molecule has 4 aromatic carbocycles. The smallest absolute Gasteiger partial charge is 0.388 e. The number of nitrogens with zero attached hydrogens (tertiary/aromatic N) is 18. The van der Waals surface area contributed by atoms with Gasteiger partial charge in [-0.15, -0.1) is 0 Å². The lowest BCUT2D eigenvalue weighted by Gasteiger charge is -2.38. The zero-order chi connectivity index (χ0) is 82.9. The van der Waals surface area contributed by atoms with Gasteiger partial charge in [-0.1, -0.05) is 94.1 Å². The highest BCUT2D eigenvalue weighted by Gasteiger charge is 2.33. The molecule has 26 nitrogen and oxygen atoms in total. The molecule has 0 aliphatic carbocycles. The number of nitrogens with one attached hydrogen (secondary N) is 2. The van der Waals surface area contributed by atoms with E-state index in [1.54, 1.807) is 77.7 Å². The van der Waals surface area contributed by atoms with Crippen LogP contribution >= 0.6 is 0 Å². The molecule has 12 aromatic rings. The first-order chi connectivity index (χ1) is 55.7. The van der Waals surface area contributed by atoms with E-state index in [2.05, 4.69) is 82.2 Å². The first-order valence-electron chi connectivity index (χ1n) is 36.2. The van der Waals surface area contributed by atoms with Crippen molar-refractivity contribution in [3.63, 3.8) is 0 Å². The molecule has 14 rings (SSSR count). The second-order valence-corrected chi connectivity index (χ2v) is 26.8. The Labute approximate surface area is 657 Å². The minimum atomic E-state index is -3.16. The van der Waals surface area contributed by atoms with Crippen LogP contribution in [0.2, 0.25) is 0 Å². The number of hydrogen-bond donors (Lipinski definition) is 3. The van der Waals surface area contributed by atoms with Gasteiger partial charge in [0.25, 0.3) is 0 Å². The van der Waals surface area contributed by atoms with Gasteiger partial charge in [-0.3, -0.25) is 4.79 Å². The highest BCUT2D eigenvalue weighted by molar-refractivity contribution is 5.79. The molecule has 37 heteroatoms. The summed E-state index contributed by atoms with van der Waals surface area (Å²) in [4.78, 5) is 48.0. The second kappa shape index (κ2) is 38.2. The van der Waals surface area contributed by atoms with E-state index in [-0.39, 0.29) is 120 Å². The van der Waals surface area contributed by atoms with E-state index in [0.29, 0.717) is 103 Å². The van der Waals surface area contributed by atoms with Crippen LogP contribution in [-0.4, -0.2) is 163 Å². The van der Waals surface area contributed by atoms with Crippen molar-refractivity contribution in [3.8, 4) is 69.6 Å². The molecule has 2 saturated heterocycles. The summed E-state index contributed by atoms with van der Waals surface area (Å²) in [5.41, 5.74) is 2.53. The van der Waals surface area contributed by atoms with Gasteiger partial charge >= 0.3 is 6.61 Å². The molecule has 1 atom stereocenters. The zero-order valence-corrected chi connectivity index (χ0v) is 63.7. The average molecular weight is 1610 g/mol. The Kier molecular flexibility index (Phi) is 27.7. The third-order valence-corrected chi connectivity index (χ3v) is 18.6. The Morgan fingerprint density at radius 3 is 1.37 bits per heavy atom. The number of halogens is 11. The number of piperazine rings is 1.